The minimum Gasteiger partial charge on any atom is -0.330 e. The molecule has 4 nitrogen and oxygen atoms in total. The predicted octanol–water partition coefficient (Wildman–Crippen LogP) is -0.391. The fraction of sp³-hybridized carbons (Fsp3) is 1.00. The van der Waals surface area contributed by atoms with Gasteiger partial charge in [-0.2, -0.15) is 0 Å². The highest BCUT2D eigenvalue weighted by Gasteiger charge is 2.48. The van der Waals surface area contributed by atoms with E-state index in [-0.39, 0.29) is 0 Å². The van der Waals surface area contributed by atoms with E-state index in [0.717, 1.165) is 18.9 Å². The Morgan fingerprint density at radius 3 is 2.94 bits per heavy atom. The van der Waals surface area contributed by atoms with Crippen molar-refractivity contribution in [1.82, 2.24) is 16.0 Å². The summed E-state index contributed by atoms with van der Waals surface area (Å²) in [5, 5.41) is 11.1. The Morgan fingerprint density at radius 1 is 1.25 bits per heavy atom. The van der Waals surface area contributed by atoms with Crippen LogP contribution in [0.2, 0.25) is 0 Å². The van der Waals surface area contributed by atoms with E-state index in [1.807, 2.05) is 0 Å². The second-order valence-electron chi connectivity index (χ2n) is 5.69. The largest absolute Gasteiger partial charge is 0.330 e. The molecule has 4 heteroatoms. The van der Waals surface area contributed by atoms with E-state index >= 15 is 0 Å². The summed E-state index contributed by atoms with van der Waals surface area (Å²) in [6, 6.07) is 2.02. The highest BCUT2D eigenvalue weighted by atomic mass is 15.3. The van der Waals surface area contributed by atoms with Crippen molar-refractivity contribution in [3.05, 3.63) is 0 Å². The molecular weight excluding hydrogens is 200 g/mol. The predicted molar refractivity (Wildman–Crippen MR) is 65.0 cm³/mol. The lowest BCUT2D eigenvalue weighted by Gasteiger charge is -2.41. The van der Waals surface area contributed by atoms with E-state index in [2.05, 4.69) is 22.9 Å². The van der Waals surface area contributed by atoms with Crippen molar-refractivity contribution >= 4 is 0 Å². The van der Waals surface area contributed by atoms with Crippen molar-refractivity contribution in [1.29, 1.82) is 0 Å². The number of hydrogen-bond donors (Lipinski definition) is 4. The average molecular weight is 224 g/mol. The van der Waals surface area contributed by atoms with Crippen molar-refractivity contribution in [3.63, 3.8) is 0 Å². The third kappa shape index (κ3) is 1.68. The van der Waals surface area contributed by atoms with Crippen LogP contribution in [-0.2, 0) is 0 Å². The number of fused-ring (bicyclic) bond motifs is 2. The molecule has 1 saturated carbocycles. The average Bonchev–Trinajstić information content (AvgIpc) is 2.83. The minimum atomic E-state index is 0.467. The van der Waals surface area contributed by atoms with Crippen molar-refractivity contribution in [2.75, 3.05) is 13.1 Å². The maximum Gasteiger partial charge on any atom is 0.0547 e. The van der Waals surface area contributed by atoms with Crippen molar-refractivity contribution < 1.29 is 0 Å². The summed E-state index contributed by atoms with van der Waals surface area (Å²) in [4.78, 5) is 0. The molecule has 0 spiro atoms. The zero-order valence-electron chi connectivity index (χ0n) is 10.1. The molecule has 5 N–H and O–H groups in total. The Bertz CT molecular complexity index is 257. The standard InChI is InChI=1S/C12H24N4/c1-7-15-10-6-8-3-5-14-11(8)9(2-4-13)12(10)16-7/h7-12,14-16H,2-6,13H2,1H3. The minimum absolute atomic E-state index is 0.467. The Kier molecular flexibility index (Phi) is 2.92. The normalized spacial score (nSPS) is 51.4. The molecule has 6 atom stereocenters. The second kappa shape index (κ2) is 4.26. The molecule has 0 aromatic carbocycles. The molecule has 6 unspecified atom stereocenters. The number of nitrogens with two attached hydrogens (primary N) is 1. The van der Waals surface area contributed by atoms with Crippen LogP contribution in [0, 0.1) is 11.8 Å². The molecule has 0 bridgehead atoms. The van der Waals surface area contributed by atoms with E-state index < -0.39 is 0 Å². The van der Waals surface area contributed by atoms with Gasteiger partial charge in [-0.1, -0.05) is 0 Å². The molecule has 2 aliphatic heterocycles. The van der Waals surface area contributed by atoms with Crippen LogP contribution in [0.3, 0.4) is 0 Å². The first kappa shape index (κ1) is 11.0. The molecular formula is C12H24N4. The summed E-state index contributed by atoms with van der Waals surface area (Å²) in [6.45, 7) is 4.24. The molecule has 3 fully saturated rings. The molecule has 16 heavy (non-hydrogen) atoms. The molecule has 3 aliphatic rings. The maximum absolute atomic E-state index is 5.78. The van der Waals surface area contributed by atoms with Crippen LogP contribution in [-0.4, -0.2) is 37.4 Å². The number of rotatable bonds is 2. The summed E-state index contributed by atoms with van der Waals surface area (Å²) in [5.74, 6) is 1.59. The summed E-state index contributed by atoms with van der Waals surface area (Å²) in [6.07, 6.45) is 4.30. The molecule has 0 amide bonds. The zero-order chi connectivity index (χ0) is 11.1. The summed E-state index contributed by atoms with van der Waals surface area (Å²) >= 11 is 0. The van der Waals surface area contributed by atoms with Gasteiger partial charge < -0.3 is 11.1 Å². The summed E-state index contributed by atoms with van der Waals surface area (Å²) < 4.78 is 0. The Balaban J connectivity index is 1.79. The lowest BCUT2D eigenvalue weighted by atomic mass is 9.71. The van der Waals surface area contributed by atoms with Crippen LogP contribution in [0.15, 0.2) is 0 Å². The molecule has 0 radical (unpaired) electrons. The zero-order valence-corrected chi connectivity index (χ0v) is 10.1. The second-order valence-corrected chi connectivity index (χ2v) is 5.69. The van der Waals surface area contributed by atoms with Crippen molar-refractivity contribution in [2.24, 2.45) is 17.6 Å². The van der Waals surface area contributed by atoms with Gasteiger partial charge in [0.2, 0.25) is 0 Å². The lowest BCUT2D eigenvalue weighted by molar-refractivity contribution is 0.164. The van der Waals surface area contributed by atoms with E-state index in [4.69, 9.17) is 5.73 Å². The van der Waals surface area contributed by atoms with Gasteiger partial charge in [-0.25, -0.2) is 0 Å². The van der Waals surface area contributed by atoms with Crippen LogP contribution in [0.4, 0.5) is 0 Å². The molecule has 2 heterocycles. The van der Waals surface area contributed by atoms with E-state index in [9.17, 15) is 0 Å². The quantitative estimate of drug-likeness (QED) is 0.516. The first-order valence-corrected chi connectivity index (χ1v) is 6.75. The van der Waals surface area contributed by atoms with Gasteiger partial charge in [-0.3, -0.25) is 10.6 Å². The van der Waals surface area contributed by atoms with Crippen molar-refractivity contribution in [2.45, 2.75) is 50.5 Å². The highest BCUT2D eigenvalue weighted by molar-refractivity contribution is 5.08. The Labute approximate surface area is 97.7 Å². The van der Waals surface area contributed by atoms with Crippen molar-refractivity contribution in [3.8, 4) is 0 Å². The van der Waals surface area contributed by atoms with Crippen LogP contribution in [0.5, 0.6) is 0 Å². The summed E-state index contributed by atoms with van der Waals surface area (Å²) in [7, 11) is 0. The van der Waals surface area contributed by atoms with Gasteiger partial charge in [0, 0.05) is 18.1 Å². The number of hydrogen-bond acceptors (Lipinski definition) is 4. The maximum atomic E-state index is 5.78. The van der Waals surface area contributed by atoms with Gasteiger partial charge in [0.05, 0.1) is 6.17 Å². The van der Waals surface area contributed by atoms with Crippen LogP contribution >= 0.6 is 0 Å². The smallest absolute Gasteiger partial charge is 0.0547 e. The Morgan fingerprint density at radius 2 is 2.12 bits per heavy atom. The van der Waals surface area contributed by atoms with E-state index in [1.165, 1.54) is 19.4 Å². The highest BCUT2D eigenvalue weighted by Crippen LogP contribution is 2.38. The van der Waals surface area contributed by atoms with E-state index in [0.29, 0.717) is 30.2 Å². The van der Waals surface area contributed by atoms with Crippen LogP contribution in [0.1, 0.15) is 26.2 Å². The summed E-state index contributed by atoms with van der Waals surface area (Å²) in [5.41, 5.74) is 5.78. The number of nitrogens with one attached hydrogen (secondary N) is 3. The van der Waals surface area contributed by atoms with Gasteiger partial charge in [-0.05, 0) is 51.1 Å². The topological polar surface area (TPSA) is 62.1 Å². The molecule has 3 rings (SSSR count). The molecule has 2 saturated heterocycles. The molecule has 92 valence electrons. The Hall–Kier alpha value is -0.160. The van der Waals surface area contributed by atoms with Gasteiger partial charge >= 0.3 is 0 Å². The monoisotopic (exact) mass is 224 g/mol. The fourth-order valence-electron chi connectivity index (χ4n) is 4.16. The molecule has 0 aromatic heterocycles. The van der Waals surface area contributed by atoms with E-state index in [1.54, 1.807) is 0 Å². The third-order valence-electron chi connectivity index (χ3n) is 4.72. The van der Waals surface area contributed by atoms with Gasteiger partial charge in [-0.15, -0.1) is 0 Å². The SMILES string of the molecule is CC1NC2CC3CCNC3C(CCN)C2N1. The first-order valence-electron chi connectivity index (χ1n) is 6.75. The van der Waals surface area contributed by atoms with Crippen LogP contribution < -0.4 is 21.7 Å². The lowest BCUT2D eigenvalue weighted by Crippen LogP contribution is -2.55. The molecule has 1 aliphatic carbocycles. The van der Waals surface area contributed by atoms with Gasteiger partial charge in [0.25, 0.3) is 0 Å². The van der Waals surface area contributed by atoms with Crippen LogP contribution in [0.25, 0.3) is 0 Å². The first-order chi connectivity index (χ1) is 7.79. The fourth-order valence-corrected chi connectivity index (χ4v) is 4.16. The third-order valence-corrected chi connectivity index (χ3v) is 4.72. The molecule has 0 aromatic rings. The van der Waals surface area contributed by atoms with Gasteiger partial charge in [0.1, 0.15) is 0 Å². The van der Waals surface area contributed by atoms with Gasteiger partial charge in [0.15, 0.2) is 0 Å².